The lowest BCUT2D eigenvalue weighted by Gasteiger charge is -2.01. The van der Waals surface area contributed by atoms with Gasteiger partial charge in [0.05, 0.1) is 4.90 Å². The maximum atomic E-state index is 11.3. The van der Waals surface area contributed by atoms with E-state index < -0.39 is 10.0 Å². The molecule has 2 aliphatic rings. The minimum Gasteiger partial charge on any atom is -0.339 e. The molecule has 1 aromatic heterocycles. The van der Waals surface area contributed by atoms with Gasteiger partial charge in [-0.05, 0) is 48.8 Å². The summed E-state index contributed by atoms with van der Waals surface area (Å²) < 4.78 is 27.9. The fourth-order valence-electron chi connectivity index (χ4n) is 2.82. The van der Waals surface area contributed by atoms with Gasteiger partial charge in [0.15, 0.2) is 5.82 Å². The third-order valence-corrected chi connectivity index (χ3v) is 5.33. The van der Waals surface area contributed by atoms with Gasteiger partial charge in [-0.3, -0.25) is 0 Å². The van der Waals surface area contributed by atoms with Crippen LogP contribution in [0, 0.1) is 5.92 Å². The molecule has 6 nitrogen and oxygen atoms in total. The second-order valence-corrected chi connectivity index (χ2v) is 7.82. The van der Waals surface area contributed by atoms with Gasteiger partial charge in [0, 0.05) is 12.3 Å². The Morgan fingerprint density at radius 3 is 2.55 bits per heavy atom. The highest BCUT2D eigenvalue weighted by molar-refractivity contribution is 7.89. The first kappa shape index (κ1) is 13.9. The van der Waals surface area contributed by atoms with Crippen molar-refractivity contribution < 1.29 is 12.9 Å². The van der Waals surface area contributed by atoms with Crippen LogP contribution >= 0.6 is 0 Å². The van der Waals surface area contributed by atoms with E-state index in [0.717, 1.165) is 30.1 Å². The number of benzene rings is 1. The van der Waals surface area contributed by atoms with Gasteiger partial charge in [-0.2, -0.15) is 4.98 Å². The van der Waals surface area contributed by atoms with Crippen LogP contribution in [0.5, 0.6) is 0 Å². The topological polar surface area (TPSA) is 99.1 Å². The molecule has 0 aliphatic heterocycles. The predicted octanol–water partition coefficient (Wildman–Crippen LogP) is 1.94. The number of sulfonamides is 1. The molecule has 2 atom stereocenters. The normalized spacial score (nSPS) is 24.4. The van der Waals surface area contributed by atoms with Crippen molar-refractivity contribution in [3.63, 3.8) is 0 Å². The number of nitrogens with two attached hydrogens (primary N) is 1. The summed E-state index contributed by atoms with van der Waals surface area (Å²) in [7, 11) is -3.63. The lowest BCUT2D eigenvalue weighted by Crippen LogP contribution is -2.11. The Bertz CT molecular complexity index is 794. The van der Waals surface area contributed by atoms with Gasteiger partial charge < -0.3 is 4.52 Å². The molecule has 7 heteroatoms. The zero-order valence-corrected chi connectivity index (χ0v) is 12.8. The third-order valence-electron chi connectivity index (χ3n) is 4.40. The Balaban J connectivity index is 1.46. The molecule has 1 aromatic carbocycles. The van der Waals surface area contributed by atoms with E-state index in [-0.39, 0.29) is 10.8 Å². The van der Waals surface area contributed by atoms with Gasteiger partial charge in [0.1, 0.15) is 0 Å². The molecular formula is C15H17N3O3S. The van der Waals surface area contributed by atoms with E-state index in [4.69, 9.17) is 9.66 Å². The second-order valence-electron chi connectivity index (χ2n) is 6.26. The van der Waals surface area contributed by atoms with Gasteiger partial charge in [0.2, 0.25) is 15.9 Å². The third kappa shape index (κ3) is 2.78. The lowest BCUT2D eigenvalue weighted by atomic mass is 10.1. The van der Waals surface area contributed by atoms with E-state index in [2.05, 4.69) is 10.1 Å². The summed E-state index contributed by atoms with van der Waals surface area (Å²) in [6, 6.07) is 6.72. The molecule has 2 saturated carbocycles. The van der Waals surface area contributed by atoms with Crippen LogP contribution in [0.15, 0.2) is 33.7 Å². The van der Waals surface area contributed by atoms with E-state index in [1.165, 1.54) is 12.8 Å². The van der Waals surface area contributed by atoms with Crippen molar-refractivity contribution in [1.29, 1.82) is 0 Å². The average molecular weight is 319 g/mol. The van der Waals surface area contributed by atoms with Gasteiger partial charge in [-0.15, -0.1) is 0 Å². The first-order valence-corrected chi connectivity index (χ1v) is 9.00. The highest BCUT2D eigenvalue weighted by Gasteiger charge is 2.43. The van der Waals surface area contributed by atoms with Crippen molar-refractivity contribution in [2.75, 3.05) is 0 Å². The molecule has 0 radical (unpaired) electrons. The maximum absolute atomic E-state index is 11.3. The molecule has 0 spiro atoms. The highest BCUT2D eigenvalue weighted by Crippen LogP contribution is 2.54. The maximum Gasteiger partial charge on any atom is 0.238 e. The smallest absolute Gasteiger partial charge is 0.238 e. The van der Waals surface area contributed by atoms with E-state index in [9.17, 15) is 8.42 Å². The molecule has 2 aliphatic carbocycles. The van der Waals surface area contributed by atoms with Crippen molar-refractivity contribution in [3.8, 4) is 0 Å². The fourth-order valence-corrected chi connectivity index (χ4v) is 3.34. The molecule has 4 rings (SSSR count). The summed E-state index contributed by atoms with van der Waals surface area (Å²) in [6.45, 7) is 0. The molecule has 0 bridgehead atoms. The minimum absolute atomic E-state index is 0.137. The van der Waals surface area contributed by atoms with Crippen LogP contribution in [0.1, 0.15) is 48.4 Å². The first-order valence-electron chi connectivity index (χ1n) is 7.46. The Morgan fingerprint density at radius 2 is 1.91 bits per heavy atom. The molecule has 2 N–H and O–H groups in total. The summed E-state index contributed by atoms with van der Waals surface area (Å²) in [4.78, 5) is 4.63. The quantitative estimate of drug-likeness (QED) is 0.908. The van der Waals surface area contributed by atoms with Crippen molar-refractivity contribution in [3.05, 3.63) is 41.5 Å². The SMILES string of the molecule is NS(=O)(=O)c1ccc([C@@H]2C[C@H]2c2nc(CC3CC3)no2)cc1. The van der Waals surface area contributed by atoms with Crippen LogP contribution in [0.25, 0.3) is 0 Å². The highest BCUT2D eigenvalue weighted by atomic mass is 32.2. The first-order chi connectivity index (χ1) is 10.5. The van der Waals surface area contributed by atoms with Gasteiger partial charge in [0.25, 0.3) is 0 Å². The Morgan fingerprint density at radius 1 is 1.18 bits per heavy atom. The Hall–Kier alpha value is -1.73. The van der Waals surface area contributed by atoms with Crippen LogP contribution in [0.4, 0.5) is 0 Å². The van der Waals surface area contributed by atoms with E-state index in [0.29, 0.717) is 11.8 Å². The molecule has 0 saturated heterocycles. The molecule has 116 valence electrons. The second kappa shape index (κ2) is 4.89. The molecule has 0 unspecified atom stereocenters. The zero-order valence-electron chi connectivity index (χ0n) is 12.0. The van der Waals surface area contributed by atoms with Gasteiger partial charge >= 0.3 is 0 Å². The van der Waals surface area contributed by atoms with Crippen molar-refractivity contribution in [1.82, 2.24) is 10.1 Å². The van der Waals surface area contributed by atoms with Crippen molar-refractivity contribution >= 4 is 10.0 Å². The molecule has 2 aromatic rings. The monoisotopic (exact) mass is 319 g/mol. The predicted molar refractivity (Wildman–Crippen MR) is 78.6 cm³/mol. The molecular weight excluding hydrogens is 302 g/mol. The zero-order chi connectivity index (χ0) is 15.3. The molecule has 1 heterocycles. The summed E-state index contributed by atoms with van der Waals surface area (Å²) in [5.41, 5.74) is 1.08. The standard InChI is InChI=1S/C15H17N3O3S/c16-22(19,20)11-5-3-10(4-6-11)12-8-13(12)15-17-14(18-21-15)7-9-1-2-9/h3-6,9,12-13H,1-2,7-8H2,(H2,16,19,20)/t12-,13+/m0/s1. The van der Waals surface area contributed by atoms with E-state index in [1.807, 2.05) is 12.1 Å². The molecule has 0 amide bonds. The Labute approximate surface area is 128 Å². The van der Waals surface area contributed by atoms with Crippen molar-refractivity contribution in [2.45, 2.75) is 42.4 Å². The number of aromatic nitrogens is 2. The number of rotatable bonds is 5. The number of primary sulfonamides is 1. The minimum atomic E-state index is -3.63. The van der Waals surface area contributed by atoms with Crippen LogP contribution in [0.3, 0.4) is 0 Å². The van der Waals surface area contributed by atoms with Crippen LogP contribution in [-0.2, 0) is 16.4 Å². The van der Waals surface area contributed by atoms with E-state index >= 15 is 0 Å². The van der Waals surface area contributed by atoms with Crippen LogP contribution in [0.2, 0.25) is 0 Å². The summed E-state index contributed by atoms with van der Waals surface area (Å²) in [5.74, 6) is 2.83. The van der Waals surface area contributed by atoms with Crippen LogP contribution < -0.4 is 5.14 Å². The van der Waals surface area contributed by atoms with E-state index in [1.54, 1.807) is 12.1 Å². The van der Waals surface area contributed by atoms with Crippen LogP contribution in [-0.4, -0.2) is 18.6 Å². The fraction of sp³-hybridized carbons (Fsp3) is 0.467. The Kier molecular flexibility index (Phi) is 3.09. The van der Waals surface area contributed by atoms with Gasteiger partial charge in [-0.25, -0.2) is 13.6 Å². The number of nitrogens with zero attached hydrogens (tertiary/aromatic N) is 2. The summed E-state index contributed by atoms with van der Waals surface area (Å²) in [5, 5.41) is 9.15. The lowest BCUT2D eigenvalue weighted by molar-refractivity contribution is 0.372. The number of hydrogen-bond donors (Lipinski definition) is 1. The average Bonchev–Trinajstić information content (AvgIpc) is 3.38. The number of hydrogen-bond acceptors (Lipinski definition) is 5. The summed E-state index contributed by atoms with van der Waals surface area (Å²) in [6.07, 6.45) is 4.42. The van der Waals surface area contributed by atoms with Gasteiger partial charge in [-0.1, -0.05) is 17.3 Å². The molecule has 22 heavy (non-hydrogen) atoms. The molecule has 2 fully saturated rings. The summed E-state index contributed by atoms with van der Waals surface area (Å²) >= 11 is 0. The van der Waals surface area contributed by atoms with Crippen molar-refractivity contribution in [2.24, 2.45) is 11.1 Å². The largest absolute Gasteiger partial charge is 0.339 e.